The number of anilines is 2. The minimum Gasteiger partial charge on any atom is -0.380 e. The molecule has 1 aliphatic rings. The van der Waals surface area contributed by atoms with Crippen LogP contribution in [0.4, 0.5) is 11.5 Å². The lowest BCUT2D eigenvalue weighted by atomic mass is 9.72. The molecule has 6 heteroatoms. The number of aromatic nitrogens is 2. The zero-order valence-electron chi connectivity index (χ0n) is 17.1. The third-order valence-electron chi connectivity index (χ3n) is 5.75. The van der Waals surface area contributed by atoms with Gasteiger partial charge in [0.2, 0.25) is 0 Å². The summed E-state index contributed by atoms with van der Waals surface area (Å²) in [5.74, 6) is 1.17. The molecule has 1 aliphatic heterocycles. The predicted molar refractivity (Wildman–Crippen MR) is 112 cm³/mol. The van der Waals surface area contributed by atoms with E-state index in [1.165, 1.54) is 24.3 Å². The van der Waals surface area contributed by atoms with Gasteiger partial charge in [0.05, 0.1) is 11.7 Å². The Hall–Kier alpha value is -1.95. The van der Waals surface area contributed by atoms with E-state index in [9.17, 15) is 0 Å². The van der Waals surface area contributed by atoms with Gasteiger partial charge in [0.25, 0.3) is 0 Å². The molecule has 0 radical (unpaired) electrons. The largest absolute Gasteiger partial charge is 0.380 e. The van der Waals surface area contributed by atoms with Crippen molar-refractivity contribution in [3.05, 3.63) is 42.6 Å². The fourth-order valence-corrected chi connectivity index (χ4v) is 4.21. The zero-order chi connectivity index (χ0) is 18.9. The standard InChI is InChI=1S/C20H32BN5/c1-7-8-16-23(5)21(4)25(17-12-10-9-11-13-17)19-20(2,3)26-18(24(19)6)14-15-22-26/h9-15,19H,7-8,16H2,1-6H3. The van der Waals surface area contributed by atoms with Crippen molar-refractivity contribution in [2.75, 3.05) is 30.4 Å². The Balaban J connectivity index is 2.00. The monoisotopic (exact) mass is 353 g/mol. The van der Waals surface area contributed by atoms with Crippen LogP contribution < -0.4 is 9.71 Å². The maximum Gasteiger partial charge on any atom is 0.341 e. The zero-order valence-corrected chi connectivity index (χ0v) is 17.1. The molecule has 2 heterocycles. The second-order valence-corrected chi connectivity index (χ2v) is 7.95. The molecule has 26 heavy (non-hydrogen) atoms. The van der Waals surface area contributed by atoms with E-state index in [-0.39, 0.29) is 18.7 Å². The number of unbranched alkanes of at least 4 members (excludes halogenated alkanes) is 1. The lowest BCUT2D eigenvalue weighted by Crippen LogP contribution is -2.63. The van der Waals surface area contributed by atoms with E-state index in [2.05, 4.69) is 102 Å². The lowest BCUT2D eigenvalue weighted by molar-refractivity contribution is 0.298. The van der Waals surface area contributed by atoms with E-state index in [0.717, 1.165) is 6.54 Å². The summed E-state index contributed by atoms with van der Waals surface area (Å²) in [6, 6.07) is 12.9. The maximum atomic E-state index is 4.61. The Morgan fingerprint density at radius 2 is 1.88 bits per heavy atom. The van der Waals surface area contributed by atoms with E-state index in [1.807, 2.05) is 6.20 Å². The quantitative estimate of drug-likeness (QED) is 0.709. The van der Waals surface area contributed by atoms with Gasteiger partial charge in [-0.1, -0.05) is 31.5 Å². The SMILES string of the molecule is CCCCN(C)B(C)N(c1ccccc1)C1N(C)c2ccnn2C1(C)C. The van der Waals surface area contributed by atoms with Gasteiger partial charge in [-0.2, -0.15) is 5.10 Å². The molecule has 0 bridgehead atoms. The minimum absolute atomic E-state index is 0.136. The van der Waals surface area contributed by atoms with Crippen LogP contribution in [0.3, 0.4) is 0 Å². The highest BCUT2D eigenvalue weighted by atomic mass is 15.5. The van der Waals surface area contributed by atoms with Gasteiger partial charge in [0, 0.05) is 18.8 Å². The van der Waals surface area contributed by atoms with Gasteiger partial charge in [-0.3, -0.25) is 0 Å². The third-order valence-corrected chi connectivity index (χ3v) is 5.75. The summed E-state index contributed by atoms with van der Waals surface area (Å²) >= 11 is 0. The number of benzene rings is 1. The van der Waals surface area contributed by atoms with Crippen LogP contribution in [0, 0.1) is 0 Å². The fraction of sp³-hybridized carbons (Fsp3) is 0.550. The smallest absolute Gasteiger partial charge is 0.341 e. The molecule has 140 valence electrons. The number of hydrogen-bond donors (Lipinski definition) is 0. The molecule has 1 atom stereocenters. The van der Waals surface area contributed by atoms with Gasteiger partial charge in [-0.05, 0) is 52.8 Å². The average molecular weight is 353 g/mol. The molecule has 0 spiro atoms. The first-order valence-corrected chi connectivity index (χ1v) is 9.70. The number of nitrogens with zero attached hydrogens (tertiary/aromatic N) is 5. The number of hydrogen-bond acceptors (Lipinski definition) is 4. The van der Waals surface area contributed by atoms with Crippen LogP contribution in [0.5, 0.6) is 0 Å². The van der Waals surface area contributed by atoms with Gasteiger partial charge in [-0.25, -0.2) is 4.68 Å². The summed E-state index contributed by atoms with van der Waals surface area (Å²) in [6.07, 6.45) is 4.52. The summed E-state index contributed by atoms with van der Waals surface area (Å²) in [7, 11) is 4.42. The van der Waals surface area contributed by atoms with Crippen molar-refractivity contribution in [1.29, 1.82) is 0 Å². The second-order valence-electron chi connectivity index (χ2n) is 7.95. The Labute approximate surface area is 158 Å². The summed E-state index contributed by atoms with van der Waals surface area (Å²) < 4.78 is 2.16. The third kappa shape index (κ3) is 3.11. The molecule has 0 amide bonds. The van der Waals surface area contributed by atoms with E-state index in [4.69, 9.17) is 0 Å². The van der Waals surface area contributed by atoms with Crippen molar-refractivity contribution in [3.8, 4) is 0 Å². The highest BCUT2D eigenvalue weighted by molar-refractivity contribution is 6.59. The maximum absolute atomic E-state index is 4.61. The molecule has 1 unspecified atom stereocenters. The summed E-state index contributed by atoms with van der Waals surface area (Å²) in [4.78, 5) is 7.37. The molecule has 1 aromatic carbocycles. The van der Waals surface area contributed by atoms with Crippen LogP contribution in [0.2, 0.25) is 6.82 Å². The van der Waals surface area contributed by atoms with Crippen LogP contribution in [-0.2, 0) is 5.54 Å². The Kier molecular flexibility index (Phi) is 5.33. The van der Waals surface area contributed by atoms with E-state index < -0.39 is 0 Å². The van der Waals surface area contributed by atoms with Crippen LogP contribution in [-0.4, -0.2) is 48.4 Å². The Morgan fingerprint density at radius 3 is 2.50 bits per heavy atom. The van der Waals surface area contributed by atoms with E-state index in [0.29, 0.717) is 0 Å². The molecule has 1 aromatic heterocycles. The molecule has 3 rings (SSSR count). The summed E-state index contributed by atoms with van der Waals surface area (Å²) in [5, 5.41) is 4.61. The van der Waals surface area contributed by atoms with Crippen molar-refractivity contribution < 1.29 is 0 Å². The van der Waals surface area contributed by atoms with Gasteiger partial charge < -0.3 is 14.5 Å². The Morgan fingerprint density at radius 1 is 1.19 bits per heavy atom. The molecule has 0 saturated heterocycles. The fourth-order valence-electron chi connectivity index (χ4n) is 4.21. The second kappa shape index (κ2) is 7.35. The van der Waals surface area contributed by atoms with Crippen molar-refractivity contribution >= 4 is 18.5 Å². The molecule has 0 saturated carbocycles. The van der Waals surface area contributed by atoms with Crippen LogP contribution in [0.1, 0.15) is 33.6 Å². The number of fused-ring (bicyclic) bond motifs is 1. The van der Waals surface area contributed by atoms with Gasteiger partial charge in [-0.15, -0.1) is 0 Å². The Bertz CT molecular complexity index is 714. The number of para-hydroxylation sites is 1. The first-order valence-electron chi connectivity index (χ1n) is 9.70. The van der Waals surface area contributed by atoms with Crippen molar-refractivity contribution in [2.45, 2.75) is 52.1 Å². The number of likely N-dealkylation sites (N-methyl/N-ethyl adjacent to an activating group) is 1. The van der Waals surface area contributed by atoms with Crippen molar-refractivity contribution in [3.63, 3.8) is 0 Å². The first kappa shape index (κ1) is 18.8. The number of rotatable bonds is 7. The molecule has 0 aliphatic carbocycles. The molecular weight excluding hydrogens is 321 g/mol. The van der Waals surface area contributed by atoms with Crippen LogP contribution in [0.15, 0.2) is 42.6 Å². The molecule has 0 N–H and O–H groups in total. The van der Waals surface area contributed by atoms with E-state index in [1.54, 1.807) is 0 Å². The van der Waals surface area contributed by atoms with Gasteiger partial charge in [0.1, 0.15) is 12.0 Å². The van der Waals surface area contributed by atoms with E-state index >= 15 is 0 Å². The van der Waals surface area contributed by atoms with Crippen molar-refractivity contribution in [2.24, 2.45) is 0 Å². The topological polar surface area (TPSA) is 27.5 Å². The predicted octanol–water partition coefficient (Wildman–Crippen LogP) is 3.75. The van der Waals surface area contributed by atoms with Gasteiger partial charge >= 0.3 is 6.98 Å². The summed E-state index contributed by atoms with van der Waals surface area (Å²) in [6.45, 7) is 10.5. The minimum atomic E-state index is -0.136. The molecular formula is C20H32BN5. The van der Waals surface area contributed by atoms with Crippen LogP contribution in [0.25, 0.3) is 0 Å². The molecule has 0 fully saturated rings. The lowest BCUT2D eigenvalue weighted by Gasteiger charge is -2.46. The van der Waals surface area contributed by atoms with Crippen molar-refractivity contribution in [1.82, 2.24) is 14.6 Å². The first-order chi connectivity index (χ1) is 12.4. The summed E-state index contributed by atoms with van der Waals surface area (Å²) in [5.41, 5.74) is 1.11. The normalized spacial score (nSPS) is 18.3. The molecule has 2 aromatic rings. The molecule has 5 nitrogen and oxygen atoms in total. The van der Waals surface area contributed by atoms with Gasteiger partial charge in [0.15, 0.2) is 0 Å². The average Bonchev–Trinajstić information content (AvgIpc) is 3.19. The van der Waals surface area contributed by atoms with Crippen LogP contribution >= 0.6 is 0 Å². The highest BCUT2D eigenvalue weighted by Gasteiger charge is 2.49. The highest BCUT2D eigenvalue weighted by Crippen LogP contribution is 2.40.